The highest BCUT2D eigenvalue weighted by Gasteiger charge is 2.27. The van der Waals surface area contributed by atoms with E-state index in [1.165, 1.54) is 12.0 Å². The Morgan fingerprint density at radius 1 is 1.64 bits per heavy atom. The van der Waals surface area contributed by atoms with Crippen LogP contribution in [0.15, 0.2) is 11.6 Å². The maximum absolute atomic E-state index is 9.08. The average Bonchev–Trinajstić information content (AvgIpc) is 2.33. The molecule has 11 heavy (non-hydrogen) atoms. The van der Waals surface area contributed by atoms with E-state index < -0.39 is 0 Å². The zero-order chi connectivity index (χ0) is 8.48. The van der Waals surface area contributed by atoms with E-state index in [2.05, 4.69) is 26.8 Å². The number of aliphatic hydroxyl groups excluding tert-OH is 1. The van der Waals surface area contributed by atoms with Crippen molar-refractivity contribution in [1.29, 1.82) is 0 Å². The van der Waals surface area contributed by atoms with Crippen molar-refractivity contribution in [3.8, 4) is 0 Å². The first kappa shape index (κ1) is 8.79. The molecule has 0 bridgehead atoms. The molecular weight excluding hydrogens is 136 g/mol. The van der Waals surface area contributed by atoms with E-state index in [-0.39, 0.29) is 5.41 Å². The summed E-state index contributed by atoms with van der Waals surface area (Å²) in [5, 5.41) is 9.08. The molecule has 0 spiro atoms. The molecule has 1 heteroatoms. The van der Waals surface area contributed by atoms with Crippen LogP contribution < -0.4 is 0 Å². The van der Waals surface area contributed by atoms with Crippen molar-refractivity contribution in [2.75, 3.05) is 6.61 Å². The van der Waals surface area contributed by atoms with Gasteiger partial charge in [0.15, 0.2) is 0 Å². The minimum Gasteiger partial charge on any atom is -0.395 e. The highest BCUT2D eigenvalue weighted by molar-refractivity contribution is 5.17. The zero-order valence-corrected chi connectivity index (χ0v) is 7.72. The highest BCUT2D eigenvalue weighted by Crippen LogP contribution is 2.37. The van der Waals surface area contributed by atoms with Gasteiger partial charge in [-0.05, 0) is 18.8 Å². The third-order valence-electron chi connectivity index (χ3n) is 2.62. The minimum absolute atomic E-state index is 0.0829. The lowest BCUT2D eigenvalue weighted by molar-refractivity contribution is 0.183. The molecule has 0 saturated carbocycles. The highest BCUT2D eigenvalue weighted by atomic mass is 16.3. The Kier molecular flexibility index (Phi) is 2.38. The molecule has 0 aliphatic heterocycles. The summed E-state index contributed by atoms with van der Waals surface area (Å²) in [5.41, 5.74) is 1.60. The van der Waals surface area contributed by atoms with Crippen LogP contribution in [0.25, 0.3) is 0 Å². The predicted octanol–water partition coefficient (Wildman–Crippen LogP) is 2.36. The quantitative estimate of drug-likeness (QED) is 0.605. The molecular formula is C10H18O. The summed E-state index contributed by atoms with van der Waals surface area (Å²) in [5.74, 6) is 0.656. The van der Waals surface area contributed by atoms with Gasteiger partial charge in [-0.1, -0.05) is 32.4 Å². The number of hydrogen-bond donors (Lipinski definition) is 1. The summed E-state index contributed by atoms with van der Waals surface area (Å²) >= 11 is 0. The summed E-state index contributed by atoms with van der Waals surface area (Å²) in [6, 6.07) is 0. The lowest BCUT2D eigenvalue weighted by Gasteiger charge is -2.16. The molecule has 0 heterocycles. The number of aliphatic hydroxyl groups is 1. The normalized spacial score (nSPS) is 31.2. The van der Waals surface area contributed by atoms with Crippen molar-refractivity contribution < 1.29 is 5.11 Å². The Bertz CT molecular complexity index is 170. The van der Waals surface area contributed by atoms with Gasteiger partial charge in [0.05, 0.1) is 6.61 Å². The minimum atomic E-state index is 0.0829. The molecule has 0 amide bonds. The fourth-order valence-electron chi connectivity index (χ4n) is 1.60. The lowest BCUT2D eigenvalue weighted by atomic mass is 9.92. The molecule has 1 atom stereocenters. The number of hydrogen-bond acceptors (Lipinski definition) is 1. The van der Waals surface area contributed by atoms with Crippen molar-refractivity contribution in [1.82, 2.24) is 0 Å². The van der Waals surface area contributed by atoms with Gasteiger partial charge in [-0.25, -0.2) is 0 Å². The number of rotatable bonds is 2. The molecule has 1 aliphatic carbocycles. The first-order valence-corrected chi connectivity index (χ1v) is 4.40. The SMILES string of the molecule is CC(C)C1=CC(C)(CO)CC1. The van der Waals surface area contributed by atoms with Crippen LogP contribution in [0, 0.1) is 11.3 Å². The van der Waals surface area contributed by atoms with Crippen molar-refractivity contribution >= 4 is 0 Å². The smallest absolute Gasteiger partial charge is 0.0519 e. The second-order valence-corrected chi connectivity index (χ2v) is 4.19. The van der Waals surface area contributed by atoms with E-state index >= 15 is 0 Å². The van der Waals surface area contributed by atoms with Gasteiger partial charge in [-0.2, -0.15) is 0 Å². The van der Waals surface area contributed by atoms with E-state index in [9.17, 15) is 0 Å². The van der Waals surface area contributed by atoms with Crippen LogP contribution in [-0.2, 0) is 0 Å². The van der Waals surface area contributed by atoms with Gasteiger partial charge >= 0.3 is 0 Å². The summed E-state index contributed by atoms with van der Waals surface area (Å²) in [7, 11) is 0. The molecule has 0 aromatic heterocycles. The van der Waals surface area contributed by atoms with E-state index in [4.69, 9.17) is 5.11 Å². The lowest BCUT2D eigenvalue weighted by Crippen LogP contribution is -2.14. The summed E-state index contributed by atoms with van der Waals surface area (Å²) < 4.78 is 0. The molecule has 64 valence electrons. The van der Waals surface area contributed by atoms with Crippen LogP contribution in [0.3, 0.4) is 0 Å². The van der Waals surface area contributed by atoms with Crippen LogP contribution in [-0.4, -0.2) is 11.7 Å². The molecule has 1 aliphatic rings. The first-order valence-electron chi connectivity index (χ1n) is 4.40. The second kappa shape index (κ2) is 2.98. The van der Waals surface area contributed by atoms with Crippen molar-refractivity contribution in [2.45, 2.75) is 33.6 Å². The third kappa shape index (κ3) is 1.84. The molecule has 0 fully saturated rings. The van der Waals surface area contributed by atoms with Crippen LogP contribution in [0.1, 0.15) is 33.6 Å². The Morgan fingerprint density at radius 2 is 2.27 bits per heavy atom. The fourth-order valence-corrected chi connectivity index (χ4v) is 1.60. The van der Waals surface area contributed by atoms with Crippen molar-refractivity contribution in [3.05, 3.63) is 11.6 Å². The predicted molar refractivity (Wildman–Crippen MR) is 47.3 cm³/mol. The molecule has 1 N–H and O–H groups in total. The van der Waals surface area contributed by atoms with Crippen LogP contribution in [0.5, 0.6) is 0 Å². The van der Waals surface area contributed by atoms with Crippen LogP contribution in [0.4, 0.5) is 0 Å². The van der Waals surface area contributed by atoms with E-state index in [1.807, 2.05) is 0 Å². The van der Waals surface area contributed by atoms with Gasteiger partial charge in [-0.3, -0.25) is 0 Å². The Balaban J connectivity index is 2.67. The molecule has 0 aromatic rings. The Hall–Kier alpha value is -0.300. The topological polar surface area (TPSA) is 20.2 Å². The van der Waals surface area contributed by atoms with E-state index in [0.717, 1.165) is 6.42 Å². The van der Waals surface area contributed by atoms with Gasteiger partial charge in [0.1, 0.15) is 0 Å². The average molecular weight is 154 g/mol. The zero-order valence-electron chi connectivity index (χ0n) is 7.72. The van der Waals surface area contributed by atoms with Crippen LogP contribution >= 0.6 is 0 Å². The van der Waals surface area contributed by atoms with Crippen molar-refractivity contribution in [2.24, 2.45) is 11.3 Å². The Labute approximate surface area is 69.1 Å². The van der Waals surface area contributed by atoms with Gasteiger partial charge in [0, 0.05) is 5.41 Å². The fraction of sp³-hybridized carbons (Fsp3) is 0.800. The monoisotopic (exact) mass is 154 g/mol. The van der Waals surface area contributed by atoms with Crippen molar-refractivity contribution in [3.63, 3.8) is 0 Å². The molecule has 0 aromatic carbocycles. The maximum Gasteiger partial charge on any atom is 0.0519 e. The number of allylic oxidation sites excluding steroid dienone is 1. The standard InChI is InChI=1S/C10H18O/c1-8(2)9-4-5-10(3,6-9)7-11/h6,8,11H,4-5,7H2,1-3H3. The maximum atomic E-state index is 9.08. The molecule has 1 unspecified atom stereocenters. The van der Waals surface area contributed by atoms with E-state index in [0.29, 0.717) is 12.5 Å². The van der Waals surface area contributed by atoms with Gasteiger partial charge < -0.3 is 5.11 Å². The first-order chi connectivity index (χ1) is 5.07. The largest absolute Gasteiger partial charge is 0.395 e. The van der Waals surface area contributed by atoms with Gasteiger partial charge in [-0.15, -0.1) is 0 Å². The Morgan fingerprint density at radius 3 is 2.55 bits per heavy atom. The molecule has 1 rings (SSSR count). The molecule has 0 saturated heterocycles. The summed E-state index contributed by atoms with van der Waals surface area (Å²) in [6.07, 6.45) is 4.56. The summed E-state index contributed by atoms with van der Waals surface area (Å²) in [6.45, 7) is 6.86. The second-order valence-electron chi connectivity index (χ2n) is 4.19. The van der Waals surface area contributed by atoms with Gasteiger partial charge in [0.25, 0.3) is 0 Å². The van der Waals surface area contributed by atoms with E-state index in [1.54, 1.807) is 0 Å². The summed E-state index contributed by atoms with van der Waals surface area (Å²) in [4.78, 5) is 0. The molecule has 1 nitrogen and oxygen atoms in total. The third-order valence-corrected chi connectivity index (χ3v) is 2.62. The van der Waals surface area contributed by atoms with Gasteiger partial charge in [0.2, 0.25) is 0 Å². The molecule has 0 radical (unpaired) electrons. The van der Waals surface area contributed by atoms with Crippen LogP contribution in [0.2, 0.25) is 0 Å².